The number of esters is 2. The lowest BCUT2D eigenvalue weighted by Crippen LogP contribution is -2.12. The quantitative estimate of drug-likeness (QED) is 0.450. The third kappa shape index (κ3) is 4.27. The molecule has 0 aliphatic carbocycles. The largest absolute Gasteiger partial charge is 0.389 e. The molecule has 0 saturated carbocycles. The van der Waals surface area contributed by atoms with Gasteiger partial charge in [-0.15, -0.1) is 0 Å². The Bertz CT molecular complexity index is 1020. The first-order valence-corrected chi connectivity index (χ1v) is 8.93. The van der Waals surface area contributed by atoms with E-state index in [-0.39, 0.29) is 11.6 Å². The number of H-pyrrole nitrogens is 1. The van der Waals surface area contributed by atoms with Gasteiger partial charge in [-0.25, -0.2) is 4.79 Å². The maximum Gasteiger partial charge on any atom is 0.362 e. The molecule has 0 fully saturated rings. The number of aromatic nitrogens is 1. The van der Waals surface area contributed by atoms with E-state index in [1.165, 1.54) is 6.92 Å². The second kappa shape index (κ2) is 8.49. The first kappa shape index (κ1) is 19.3. The summed E-state index contributed by atoms with van der Waals surface area (Å²) in [5.74, 6) is -1.69. The third-order valence-corrected chi connectivity index (χ3v) is 4.27. The number of aromatic amines is 1. The topological polar surface area (TPSA) is 114 Å². The van der Waals surface area contributed by atoms with Gasteiger partial charge in [0.05, 0.1) is 0 Å². The smallest absolute Gasteiger partial charge is 0.362 e. The van der Waals surface area contributed by atoms with Crippen LogP contribution in [0.4, 0.5) is 5.69 Å². The fourth-order valence-corrected chi connectivity index (χ4v) is 3.01. The Hall–Kier alpha value is -3.45. The van der Waals surface area contributed by atoms with Crippen molar-refractivity contribution in [2.24, 2.45) is 5.73 Å². The van der Waals surface area contributed by atoms with Gasteiger partial charge in [0.2, 0.25) is 0 Å². The van der Waals surface area contributed by atoms with Crippen molar-refractivity contribution in [2.75, 3.05) is 11.9 Å². The molecule has 28 heavy (non-hydrogen) atoms. The molecule has 0 aliphatic rings. The number of rotatable bonds is 6. The van der Waals surface area contributed by atoms with E-state index in [0.29, 0.717) is 41.7 Å². The minimum Gasteiger partial charge on any atom is -0.389 e. The van der Waals surface area contributed by atoms with Crippen LogP contribution in [0.25, 0.3) is 10.9 Å². The number of nitrogens with two attached hydrogens (primary N) is 1. The van der Waals surface area contributed by atoms with Crippen LogP contribution in [0, 0.1) is 0 Å². The lowest BCUT2D eigenvalue weighted by atomic mass is 10.0. The van der Waals surface area contributed by atoms with Crippen LogP contribution in [-0.2, 0) is 16.0 Å². The van der Waals surface area contributed by atoms with Crippen LogP contribution in [0.5, 0.6) is 0 Å². The number of anilines is 1. The first-order valence-electron chi connectivity index (χ1n) is 8.93. The zero-order chi connectivity index (χ0) is 20.1. The van der Waals surface area contributed by atoms with Gasteiger partial charge in [-0.2, -0.15) is 0 Å². The Morgan fingerprint density at radius 2 is 1.86 bits per heavy atom. The van der Waals surface area contributed by atoms with Crippen LogP contribution in [0.3, 0.4) is 0 Å². The van der Waals surface area contributed by atoms with Crippen molar-refractivity contribution >= 4 is 34.4 Å². The van der Waals surface area contributed by atoms with Crippen LogP contribution in [0.2, 0.25) is 0 Å². The number of aryl methyl sites for hydroxylation is 1. The van der Waals surface area contributed by atoms with E-state index in [9.17, 15) is 14.4 Å². The number of fused-ring (bicyclic) bond motifs is 1. The fraction of sp³-hybridized carbons (Fsp3) is 0.190. The van der Waals surface area contributed by atoms with Gasteiger partial charge >= 0.3 is 11.9 Å². The molecule has 0 unspecified atom stereocenters. The van der Waals surface area contributed by atoms with Crippen LogP contribution in [-0.4, -0.2) is 29.4 Å². The standard InChI is InChI=1S/C21H21N3O4/c1-13(25)28-21(27)19-16(8-5-11-22)17-12-14(9-10-18(17)24-19)20(26)23-15-6-3-2-4-7-15/h2-4,6-7,9-10,12,24H,5,8,11,22H2,1H3,(H,23,26). The molecule has 0 atom stereocenters. The summed E-state index contributed by atoms with van der Waals surface area (Å²) in [7, 11) is 0. The van der Waals surface area contributed by atoms with Gasteiger partial charge in [0, 0.05) is 29.1 Å². The Morgan fingerprint density at radius 3 is 2.54 bits per heavy atom. The van der Waals surface area contributed by atoms with Crippen molar-refractivity contribution in [3.05, 3.63) is 65.4 Å². The van der Waals surface area contributed by atoms with Crippen molar-refractivity contribution in [1.29, 1.82) is 0 Å². The van der Waals surface area contributed by atoms with Crippen LogP contribution in [0.1, 0.15) is 39.8 Å². The first-order chi connectivity index (χ1) is 13.5. The molecular weight excluding hydrogens is 358 g/mol. The van der Waals surface area contributed by atoms with Crippen molar-refractivity contribution in [3.8, 4) is 0 Å². The van der Waals surface area contributed by atoms with E-state index < -0.39 is 11.9 Å². The van der Waals surface area contributed by atoms with E-state index in [2.05, 4.69) is 10.3 Å². The molecule has 4 N–H and O–H groups in total. The zero-order valence-corrected chi connectivity index (χ0v) is 15.5. The van der Waals surface area contributed by atoms with Gasteiger partial charge in [0.15, 0.2) is 0 Å². The SMILES string of the molecule is CC(=O)OC(=O)c1[nH]c2ccc(C(=O)Nc3ccccc3)cc2c1CCCN. The van der Waals surface area contributed by atoms with Crippen molar-refractivity contribution in [2.45, 2.75) is 19.8 Å². The molecule has 0 radical (unpaired) electrons. The van der Waals surface area contributed by atoms with E-state index in [1.807, 2.05) is 18.2 Å². The number of benzene rings is 2. The second-order valence-electron chi connectivity index (χ2n) is 6.33. The van der Waals surface area contributed by atoms with Gasteiger partial charge in [0.1, 0.15) is 5.69 Å². The van der Waals surface area contributed by atoms with E-state index in [4.69, 9.17) is 10.5 Å². The Balaban J connectivity index is 1.98. The number of nitrogens with one attached hydrogen (secondary N) is 2. The zero-order valence-electron chi connectivity index (χ0n) is 15.5. The Kier molecular flexibility index (Phi) is 5.86. The number of hydrogen-bond acceptors (Lipinski definition) is 5. The molecular formula is C21H21N3O4. The number of para-hydroxylation sites is 1. The number of amides is 1. The molecule has 3 rings (SSSR count). The summed E-state index contributed by atoms with van der Waals surface area (Å²) in [6, 6.07) is 14.3. The molecule has 1 heterocycles. The highest BCUT2D eigenvalue weighted by molar-refractivity contribution is 6.08. The second-order valence-corrected chi connectivity index (χ2v) is 6.33. The number of ether oxygens (including phenoxy) is 1. The van der Waals surface area contributed by atoms with Crippen LogP contribution >= 0.6 is 0 Å². The van der Waals surface area contributed by atoms with Gasteiger partial charge in [-0.05, 0) is 55.3 Å². The van der Waals surface area contributed by atoms with E-state index >= 15 is 0 Å². The predicted octanol–water partition coefficient (Wildman–Crippen LogP) is 3.01. The summed E-state index contributed by atoms with van der Waals surface area (Å²) < 4.78 is 4.72. The molecule has 7 heteroatoms. The Morgan fingerprint density at radius 1 is 1.11 bits per heavy atom. The van der Waals surface area contributed by atoms with Gasteiger partial charge in [0.25, 0.3) is 5.91 Å². The van der Waals surface area contributed by atoms with Crippen molar-refractivity contribution in [1.82, 2.24) is 4.98 Å². The molecule has 1 aromatic heterocycles. The maximum absolute atomic E-state index is 12.6. The van der Waals surface area contributed by atoms with Gasteiger partial charge < -0.3 is 20.8 Å². The maximum atomic E-state index is 12.6. The van der Waals surface area contributed by atoms with Gasteiger partial charge in [-0.3, -0.25) is 9.59 Å². The number of hydrogen-bond donors (Lipinski definition) is 3. The molecule has 7 nitrogen and oxygen atoms in total. The highest BCUT2D eigenvalue weighted by Crippen LogP contribution is 2.26. The predicted molar refractivity (Wildman–Crippen MR) is 106 cm³/mol. The summed E-state index contributed by atoms with van der Waals surface area (Å²) in [5, 5.41) is 3.56. The van der Waals surface area contributed by atoms with E-state index in [0.717, 1.165) is 5.39 Å². The van der Waals surface area contributed by atoms with Crippen molar-refractivity contribution in [3.63, 3.8) is 0 Å². The average Bonchev–Trinajstić information content (AvgIpc) is 3.04. The van der Waals surface area contributed by atoms with E-state index in [1.54, 1.807) is 30.3 Å². The summed E-state index contributed by atoms with van der Waals surface area (Å²) in [4.78, 5) is 39.0. The summed E-state index contributed by atoms with van der Waals surface area (Å²) in [6.07, 6.45) is 1.16. The van der Waals surface area contributed by atoms with Crippen molar-refractivity contribution < 1.29 is 19.1 Å². The molecule has 0 saturated heterocycles. The Labute approximate surface area is 161 Å². The van der Waals surface area contributed by atoms with Crippen LogP contribution in [0.15, 0.2) is 48.5 Å². The lowest BCUT2D eigenvalue weighted by Gasteiger charge is -2.06. The normalized spacial score (nSPS) is 10.6. The average molecular weight is 379 g/mol. The molecule has 2 aromatic carbocycles. The summed E-state index contributed by atoms with van der Waals surface area (Å²) in [5.41, 5.74) is 8.33. The fourth-order valence-electron chi connectivity index (χ4n) is 3.01. The monoisotopic (exact) mass is 379 g/mol. The third-order valence-electron chi connectivity index (χ3n) is 4.27. The number of carbonyl (C=O) groups is 3. The molecule has 0 bridgehead atoms. The number of carbonyl (C=O) groups excluding carboxylic acids is 3. The lowest BCUT2D eigenvalue weighted by molar-refractivity contribution is -0.135. The van der Waals surface area contributed by atoms with Crippen LogP contribution < -0.4 is 11.1 Å². The van der Waals surface area contributed by atoms with Gasteiger partial charge in [-0.1, -0.05) is 18.2 Å². The summed E-state index contributed by atoms with van der Waals surface area (Å²) in [6.45, 7) is 1.62. The highest BCUT2D eigenvalue weighted by Gasteiger charge is 2.21. The molecule has 144 valence electrons. The molecule has 0 aliphatic heterocycles. The molecule has 1 amide bonds. The highest BCUT2D eigenvalue weighted by atomic mass is 16.6. The summed E-state index contributed by atoms with van der Waals surface area (Å²) >= 11 is 0. The minimum absolute atomic E-state index is 0.208. The molecule has 0 spiro atoms. The minimum atomic E-state index is -0.744. The molecule has 3 aromatic rings.